The van der Waals surface area contributed by atoms with Crippen molar-refractivity contribution in [2.75, 3.05) is 6.26 Å². The first-order valence-corrected chi connectivity index (χ1v) is 7.59. The van der Waals surface area contributed by atoms with Gasteiger partial charge >= 0.3 is 5.97 Å². The van der Waals surface area contributed by atoms with Gasteiger partial charge in [0.1, 0.15) is 0 Å². The van der Waals surface area contributed by atoms with Crippen LogP contribution < -0.4 is 0 Å². The molecule has 1 rings (SSSR count). The lowest BCUT2D eigenvalue weighted by Crippen LogP contribution is -2.30. The van der Waals surface area contributed by atoms with E-state index in [-0.39, 0.29) is 15.5 Å². The van der Waals surface area contributed by atoms with Crippen molar-refractivity contribution in [1.29, 1.82) is 0 Å². The zero-order valence-corrected chi connectivity index (χ0v) is 12.2. The molecule has 1 atom stereocenters. The van der Waals surface area contributed by atoms with E-state index in [1.165, 1.54) is 0 Å². The van der Waals surface area contributed by atoms with Crippen molar-refractivity contribution >= 4 is 39.0 Å². The lowest BCUT2D eigenvalue weighted by molar-refractivity contribution is -0.143. The van der Waals surface area contributed by atoms with E-state index in [0.29, 0.717) is 0 Å². The number of benzene rings is 1. The van der Waals surface area contributed by atoms with E-state index in [2.05, 4.69) is 0 Å². The number of halogens is 1. The third-order valence-electron chi connectivity index (χ3n) is 2.55. The van der Waals surface area contributed by atoms with Crippen LogP contribution in [0.25, 0.3) is 0 Å². The predicted molar refractivity (Wildman–Crippen MR) is 70.7 cm³/mol. The maximum atomic E-state index is 12.0. The van der Waals surface area contributed by atoms with E-state index in [0.717, 1.165) is 31.4 Å². The molecule has 20 heavy (non-hydrogen) atoms. The summed E-state index contributed by atoms with van der Waals surface area (Å²) in [6, 6.07) is 3.27. The molecular formula is C12H11ClO6S. The minimum atomic E-state index is -3.50. The Kier molecular flexibility index (Phi) is 4.67. The first kappa shape index (κ1) is 16.3. The number of sulfone groups is 1. The van der Waals surface area contributed by atoms with Crippen LogP contribution in [0.3, 0.4) is 0 Å². The van der Waals surface area contributed by atoms with Gasteiger partial charge in [-0.3, -0.25) is 14.4 Å². The van der Waals surface area contributed by atoms with Crippen molar-refractivity contribution in [3.63, 3.8) is 0 Å². The monoisotopic (exact) mass is 318 g/mol. The Morgan fingerprint density at radius 2 is 1.80 bits per heavy atom. The molecule has 0 saturated carbocycles. The van der Waals surface area contributed by atoms with E-state index in [4.69, 9.17) is 16.7 Å². The Balaban J connectivity index is 3.31. The molecule has 1 aromatic rings. The topological polar surface area (TPSA) is 106 Å². The van der Waals surface area contributed by atoms with Crippen LogP contribution in [-0.2, 0) is 19.4 Å². The Hall–Kier alpha value is -1.73. The highest BCUT2D eigenvalue weighted by atomic mass is 35.5. The Bertz CT molecular complexity index is 678. The highest BCUT2D eigenvalue weighted by Gasteiger charge is 2.33. The lowest BCUT2D eigenvalue weighted by atomic mass is 9.94. The summed E-state index contributed by atoms with van der Waals surface area (Å²) >= 11 is 5.79. The van der Waals surface area contributed by atoms with Gasteiger partial charge in [0.2, 0.25) is 0 Å². The molecule has 0 fully saturated rings. The molecule has 0 aliphatic carbocycles. The smallest absolute Gasteiger partial charge is 0.322 e. The predicted octanol–water partition coefficient (Wildman–Crippen LogP) is 1.22. The summed E-state index contributed by atoms with van der Waals surface area (Å²) in [5, 5.41) is 8.65. The fourth-order valence-electron chi connectivity index (χ4n) is 1.55. The molecule has 0 aromatic heterocycles. The van der Waals surface area contributed by atoms with E-state index < -0.39 is 33.3 Å². The molecule has 8 heteroatoms. The number of carboxylic acids is 1. The molecule has 0 radical (unpaired) electrons. The quantitative estimate of drug-likeness (QED) is 0.646. The van der Waals surface area contributed by atoms with Crippen molar-refractivity contribution in [2.24, 2.45) is 5.92 Å². The highest BCUT2D eigenvalue weighted by molar-refractivity contribution is 7.90. The highest BCUT2D eigenvalue weighted by Crippen LogP contribution is 2.24. The van der Waals surface area contributed by atoms with Crippen molar-refractivity contribution in [1.82, 2.24) is 0 Å². The number of Topliss-reactive ketones (excluding diaryl/α,β-unsaturated/α-hetero) is 2. The number of carbonyl (C=O) groups is 3. The molecule has 0 spiro atoms. The fourth-order valence-corrected chi connectivity index (χ4v) is 2.54. The maximum absolute atomic E-state index is 12.0. The van der Waals surface area contributed by atoms with Crippen molar-refractivity contribution < 1.29 is 27.9 Å². The van der Waals surface area contributed by atoms with Gasteiger partial charge in [-0.2, -0.15) is 0 Å². The summed E-state index contributed by atoms with van der Waals surface area (Å²) < 4.78 is 22.6. The average molecular weight is 319 g/mol. The Morgan fingerprint density at radius 3 is 2.15 bits per heavy atom. The zero-order chi connectivity index (χ0) is 15.7. The maximum Gasteiger partial charge on any atom is 0.322 e. The number of ketones is 2. The van der Waals surface area contributed by atoms with Crippen LogP contribution >= 0.6 is 11.6 Å². The third-order valence-corrected chi connectivity index (χ3v) is 3.97. The van der Waals surface area contributed by atoms with Crippen LogP contribution in [0.2, 0.25) is 5.02 Å². The molecule has 0 heterocycles. The molecule has 108 valence electrons. The number of carbonyl (C=O) groups excluding carboxylic acids is 2. The van der Waals surface area contributed by atoms with Crippen LogP contribution in [0.4, 0.5) is 0 Å². The molecular weight excluding hydrogens is 308 g/mol. The third kappa shape index (κ3) is 3.43. The standard InChI is InChI=1S/C12H11ClO6S/c1-6(14)10(12(16)17)11(15)8-4-3-7(5-9(8)13)20(2,18)19/h3-5,10H,1-2H3,(H,16,17). The van der Waals surface area contributed by atoms with E-state index >= 15 is 0 Å². The minimum Gasteiger partial charge on any atom is -0.480 e. The molecule has 0 saturated heterocycles. The number of rotatable bonds is 5. The summed E-state index contributed by atoms with van der Waals surface area (Å²) in [7, 11) is -3.50. The largest absolute Gasteiger partial charge is 0.480 e. The number of carboxylic acid groups (broad SMARTS) is 1. The Labute approximate surface area is 120 Å². The van der Waals surface area contributed by atoms with E-state index in [1.54, 1.807) is 0 Å². The first-order valence-electron chi connectivity index (χ1n) is 5.32. The van der Waals surface area contributed by atoms with Crippen molar-refractivity contribution in [3.8, 4) is 0 Å². The average Bonchev–Trinajstić information content (AvgIpc) is 2.26. The summed E-state index contributed by atoms with van der Waals surface area (Å²) in [6.07, 6.45) is 0.968. The molecule has 0 amide bonds. The molecule has 0 bridgehead atoms. The number of hydrogen-bond donors (Lipinski definition) is 1. The molecule has 0 aliphatic heterocycles. The van der Waals surface area contributed by atoms with Gasteiger partial charge in [-0.1, -0.05) is 11.6 Å². The first-order chi connectivity index (χ1) is 9.05. The molecule has 1 N–H and O–H groups in total. The fraction of sp³-hybridized carbons (Fsp3) is 0.250. The second-order valence-corrected chi connectivity index (χ2v) is 6.58. The second kappa shape index (κ2) is 5.72. The minimum absolute atomic E-state index is 0.103. The summed E-state index contributed by atoms with van der Waals surface area (Å²) in [4.78, 5) is 34.0. The van der Waals surface area contributed by atoms with E-state index in [1.807, 2.05) is 0 Å². The molecule has 1 unspecified atom stereocenters. The van der Waals surface area contributed by atoms with Crippen LogP contribution in [0.1, 0.15) is 17.3 Å². The van der Waals surface area contributed by atoms with Crippen LogP contribution in [0.5, 0.6) is 0 Å². The van der Waals surface area contributed by atoms with Gasteiger partial charge in [-0.25, -0.2) is 8.42 Å². The van der Waals surface area contributed by atoms with Crippen LogP contribution in [0.15, 0.2) is 23.1 Å². The number of hydrogen-bond acceptors (Lipinski definition) is 5. The van der Waals surface area contributed by atoms with Crippen LogP contribution in [0, 0.1) is 5.92 Å². The van der Waals surface area contributed by atoms with Gasteiger partial charge in [-0.05, 0) is 25.1 Å². The van der Waals surface area contributed by atoms with Crippen LogP contribution in [-0.4, -0.2) is 37.3 Å². The SMILES string of the molecule is CC(=O)C(C(=O)O)C(=O)c1ccc(S(C)(=O)=O)cc1Cl. The van der Waals surface area contributed by atoms with Gasteiger partial charge in [0.15, 0.2) is 27.3 Å². The lowest BCUT2D eigenvalue weighted by Gasteiger charge is -2.10. The number of aliphatic carboxylic acids is 1. The van der Waals surface area contributed by atoms with E-state index in [9.17, 15) is 22.8 Å². The van der Waals surface area contributed by atoms with Crippen molar-refractivity contribution in [2.45, 2.75) is 11.8 Å². The van der Waals surface area contributed by atoms with Gasteiger partial charge in [0.05, 0.1) is 9.92 Å². The normalized spacial score (nSPS) is 12.8. The van der Waals surface area contributed by atoms with Gasteiger partial charge < -0.3 is 5.11 Å². The molecule has 6 nitrogen and oxygen atoms in total. The molecule has 0 aliphatic rings. The van der Waals surface area contributed by atoms with Gasteiger partial charge in [-0.15, -0.1) is 0 Å². The van der Waals surface area contributed by atoms with Gasteiger partial charge in [0.25, 0.3) is 0 Å². The van der Waals surface area contributed by atoms with Crippen molar-refractivity contribution in [3.05, 3.63) is 28.8 Å². The van der Waals surface area contributed by atoms with Gasteiger partial charge in [0, 0.05) is 11.8 Å². The molecule has 1 aromatic carbocycles. The zero-order valence-electron chi connectivity index (χ0n) is 10.6. The summed E-state index contributed by atoms with van der Waals surface area (Å²) in [5.74, 6) is -5.23. The summed E-state index contributed by atoms with van der Waals surface area (Å²) in [6.45, 7) is 0.982. The Morgan fingerprint density at radius 1 is 1.25 bits per heavy atom. The summed E-state index contributed by atoms with van der Waals surface area (Å²) in [5.41, 5.74) is -0.207. The second-order valence-electron chi connectivity index (χ2n) is 4.16.